The third-order valence-corrected chi connectivity index (χ3v) is 12.1. The molecule has 2 amide bonds. The number of amides is 2. The lowest BCUT2D eigenvalue weighted by atomic mass is 10.0. The highest BCUT2D eigenvalue weighted by molar-refractivity contribution is 6.08. The number of pyridine rings is 2. The third-order valence-electron chi connectivity index (χ3n) is 12.1. The van der Waals surface area contributed by atoms with Crippen LogP contribution in [0.5, 0.6) is 0 Å². The smallest absolute Gasteiger partial charge is 0.274 e. The predicted octanol–water partition coefficient (Wildman–Crippen LogP) is 12.9. The van der Waals surface area contributed by atoms with E-state index in [-0.39, 0.29) is 17.4 Å². The molecule has 0 unspecified atom stereocenters. The van der Waals surface area contributed by atoms with E-state index in [0.717, 1.165) is 83.7 Å². The van der Waals surface area contributed by atoms with Crippen LogP contribution >= 0.6 is 0 Å². The average molecular weight is 883 g/mol. The Balaban J connectivity index is 1.11. The van der Waals surface area contributed by atoms with Crippen LogP contribution in [0.15, 0.2) is 182 Å². The van der Waals surface area contributed by atoms with Crippen molar-refractivity contribution in [2.24, 2.45) is 0 Å². The van der Waals surface area contributed by atoms with Crippen molar-refractivity contribution in [2.75, 3.05) is 5.32 Å². The van der Waals surface area contributed by atoms with Gasteiger partial charge >= 0.3 is 0 Å². The number of hydrogen-bond donors (Lipinski definition) is 4. The van der Waals surface area contributed by atoms with Gasteiger partial charge in [-0.1, -0.05) is 121 Å². The molecule has 0 fully saturated rings. The quantitative estimate of drug-likeness (QED) is 0.114. The number of nitrogens with one attached hydrogen (secondary N) is 4. The molecular weight excluding hydrogens is 841 g/mol. The molecule has 0 spiro atoms. The Hall–Kier alpha value is -9.28. The maximum atomic E-state index is 14.2. The molecule has 1 atom stereocenters. The van der Waals surface area contributed by atoms with Crippen LogP contribution in [0.3, 0.4) is 0 Å². The van der Waals surface area contributed by atoms with Crippen LogP contribution in [-0.4, -0.2) is 41.7 Å². The van der Waals surface area contributed by atoms with E-state index in [2.05, 4.69) is 103 Å². The summed E-state index contributed by atoms with van der Waals surface area (Å²) in [7, 11) is 0. The van der Waals surface area contributed by atoms with Crippen LogP contribution in [-0.2, 0) is 0 Å². The molecule has 0 radical (unpaired) electrons. The summed E-state index contributed by atoms with van der Waals surface area (Å²) in [6.07, 6.45) is 9.92. The van der Waals surface area contributed by atoms with Crippen molar-refractivity contribution in [3.63, 3.8) is 0 Å². The lowest BCUT2D eigenvalue weighted by Gasteiger charge is -2.14. The van der Waals surface area contributed by atoms with Crippen molar-refractivity contribution in [1.82, 2.24) is 35.2 Å². The van der Waals surface area contributed by atoms with Crippen molar-refractivity contribution in [3.05, 3.63) is 222 Å². The molecule has 4 aromatic carbocycles. The molecular formula is C58H42N8O2. The molecule has 10 heteroatoms. The molecule has 326 valence electrons. The van der Waals surface area contributed by atoms with Crippen molar-refractivity contribution in [2.45, 2.75) is 13.0 Å². The van der Waals surface area contributed by atoms with Gasteiger partial charge in [-0.25, -0.2) is 15.0 Å². The fourth-order valence-electron chi connectivity index (χ4n) is 8.88. The molecule has 2 aliphatic heterocycles. The first-order valence-corrected chi connectivity index (χ1v) is 22.4. The van der Waals surface area contributed by atoms with Gasteiger partial charge in [0.05, 0.1) is 34.5 Å². The summed E-state index contributed by atoms with van der Waals surface area (Å²) in [5, 5.41) is 6.07. The average Bonchev–Trinajstić information content (AvgIpc) is 4.25. The topological polar surface area (TPSA) is 141 Å². The van der Waals surface area contributed by atoms with Crippen LogP contribution in [0, 0.1) is 0 Å². The first kappa shape index (κ1) is 41.4. The first-order chi connectivity index (χ1) is 33.4. The van der Waals surface area contributed by atoms with Gasteiger partial charge in [0.2, 0.25) is 0 Å². The standard InChI is InChI=1S/C58H42N8O2/c1-36(41-23-13-14-35-59-41)60-57(67)51-25-15-26-52(65-51)58(68)66-42-24-12-11-22-40(42)56-49-33-31-47(63-49)54(38-18-7-3-8-19-38)45-29-27-43(61-45)53(37-16-5-2-6-17-37)44-28-30-46(62-44)55(39-20-9-4-10-21-39)48-32-34-50(56)64-48/h2-36,61,64H,1H3,(H,60,67)(H,66,68)/t36-/m1/s1. The van der Waals surface area contributed by atoms with Crippen LogP contribution < -0.4 is 10.6 Å². The minimum Gasteiger partial charge on any atom is -0.354 e. The number of rotatable bonds is 9. The molecule has 7 heterocycles. The van der Waals surface area contributed by atoms with Gasteiger partial charge < -0.3 is 20.6 Å². The van der Waals surface area contributed by atoms with Gasteiger partial charge in [0.25, 0.3) is 11.8 Å². The van der Waals surface area contributed by atoms with Gasteiger partial charge in [0.1, 0.15) is 11.4 Å². The van der Waals surface area contributed by atoms with Gasteiger partial charge in [0.15, 0.2) is 0 Å². The molecule has 4 N–H and O–H groups in total. The second-order valence-corrected chi connectivity index (χ2v) is 16.5. The molecule has 2 aliphatic rings. The van der Waals surface area contributed by atoms with Crippen molar-refractivity contribution < 1.29 is 9.59 Å². The maximum absolute atomic E-state index is 14.2. The first-order valence-electron chi connectivity index (χ1n) is 22.4. The fraction of sp³-hybridized carbons (Fsp3) is 0.0345. The van der Waals surface area contributed by atoms with E-state index in [4.69, 9.17) is 9.97 Å². The fourth-order valence-corrected chi connectivity index (χ4v) is 8.88. The summed E-state index contributed by atoms with van der Waals surface area (Å²) in [6, 6.07) is 56.9. The normalized spacial score (nSPS) is 12.1. The summed E-state index contributed by atoms with van der Waals surface area (Å²) < 4.78 is 0. The van der Waals surface area contributed by atoms with Gasteiger partial charge in [0, 0.05) is 61.8 Å². The van der Waals surface area contributed by atoms with E-state index in [0.29, 0.717) is 17.1 Å². The molecule has 8 bridgehead atoms. The third kappa shape index (κ3) is 8.07. The van der Waals surface area contributed by atoms with E-state index >= 15 is 0 Å². The van der Waals surface area contributed by atoms with E-state index in [1.54, 1.807) is 24.4 Å². The molecule has 5 aromatic heterocycles. The molecule has 10 nitrogen and oxygen atoms in total. The predicted molar refractivity (Wildman–Crippen MR) is 273 cm³/mol. The monoisotopic (exact) mass is 882 g/mol. The number of anilines is 1. The number of hydrogen-bond acceptors (Lipinski definition) is 6. The largest absolute Gasteiger partial charge is 0.354 e. The number of aromatic amines is 2. The molecule has 68 heavy (non-hydrogen) atoms. The van der Waals surface area contributed by atoms with E-state index in [1.807, 2.05) is 116 Å². The lowest BCUT2D eigenvalue weighted by molar-refractivity contribution is 0.0934. The second kappa shape index (κ2) is 17.9. The SMILES string of the molecule is C[C@@H](NC(=O)c1cccc(C(=O)Nc2ccccc2-c2c3nc(c(-c4ccccc4)c4ccc([nH]4)c(-c4ccccc4)c4nc(c(-c5ccccc5)c5ccc2[nH]5)C=C4)C=C3)n1)c1ccccn1. The number of carbonyl (C=O) groups excluding carboxylic acids is 2. The van der Waals surface area contributed by atoms with Gasteiger partial charge in [-0.3, -0.25) is 14.6 Å². The van der Waals surface area contributed by atoms with E-state index < -0.39 is 11.8 Å². The Morgan fingerprint density at radius 2 is 0.882 bits per heavy atom. The Morgan fingerprint density at radius 3 is 1.38 bits per heavy atom. The molecule has 0 aliphatic carbocycles. The minimum atomic E-state index is -0.478. The summed E-state index contributed by atoms with van der Waals surface area (Å²) in [4.78, 5) is 54.9. The number of nitrogens with zero attached hydrogens (tertiary/aromatic N) is 4. The van der Waals surface area contributed by atoms with Gasteiger partial charge in [-0.2, -0.15) is 0 Å². The zero-order chi connectivity index (χ0) is 46.0. The maximum Gasteiger partial charge on any atom is 0.274 e. The zero-order valence-electron chi connectivity index (χ0n) is 36.8. The van der Waals surface area contributed by atoms with Crippen LogP contribution in [0.2, 0.25) is 0 Å². The minimum absolute atomic E-state index is 0.0839. The van der Waals surface area contributed by atoms with Crippen molar-refractivity contribution in [3.8, 4) is 44.5 Å². The molecule has 0 saturated carbocycles. The Morgan fingerprint density at radius 1 is 0.441 bits per heavy atom. The summed E-state index contributed by atoms with van der Waals surface area (Å²) in [6.45, 7) is 1.85. The van der Waals surface area contributed by atoms with Gasteiger partial charge in [-0.05, 0) is 103 Å². The number of para-hydroxylation sites is 1. The number of H-pyrrole nitrogens is 2. The van der Waals surface area contributed by atoms with Crippen molar-refractivity contribution in [1.29, 1.82) is 0 Å². The number of carbonyl (C=O) groups is 2. The molecule has 0 saturated heterocycles. The summed E-state index contributed by atoms with van der Waals surface area (Å²) in [5.74, 6) is -0.897. The van der Waals surface area contributed by atoms with Crippen LogP contribution in [0.25, 0.3) is 90.9 Å². The Kier molecular flexibility index (Phi) is 10.9. The summed E-state index contributed by atoms with van der Waals surface area (Å²) >= 11 is 0. The van der Waals surface area contributed by atoms with Gasteiger partial charge in [-0.15, -0.1) is 0 Å². The van der Waals surface area contributed by atoms with Crippen LogP contribution in [0.4, 0.5) is 5.69 Å². The second-order valence-electron chi connectivity index (χ2n) is 16.5. The zero-order valence-corrected chi connectivity index (χ0v) is 36.8. The number of aromatic nitrogens is 6. The van der Waals surface area contributed by atoms with Crippen molar-refractivity contribution >= 4 is 63.9 Å². The van der Waals surface area contributed by atoms with E-state index in [1.165, 1.54) is 0 Å². The summed E-state index contributed by atoms with van der Waals surface area (Å²) in [5.41, 5.74) is 15.3. The van der Waals surface area contributed by atoms with E-state index in [9.17, 15) is 9.59 Å². The Labute approximate surface area is 391 Å². The number of benzene rings is 4. The molecule has 11 rings (SSSR count). The lowest BCUT2D eigenvalue weighted by Crippen LogP contribution is -2.28. The molecule has 9 aromatic rings. The number of fused-ring (bicyclic) bond motifs is 8. The highest BCUT2D eigenvalue weighted by Gasteiger charge is 2.22. The highest BCUT2D eigenvalue weighted by Crippen LogP contribution is 2.40. The Bertz CT molecular complexity index is 3580. The highest BCUT2D eigenvalue weighted by atomic mass is 16.2. The van der Waals surface area contributed by atoms with Crippen LogP contribution in [0.1, 0.15) is 62.4 Å².